The van der Waals surface area contributed by atoms with Gasteiger partial charge in [0.25, 0.3) is 0 Å². The van der Waals surface area contributed by atoms with E-state index in [0.29, 0.717) is 5.92 Å². The molecule has 0 radical (unpaired) electrons. The van der Waals surface area contributed by atoms with Gasteiger partial charge in [-0.2, -0.15) is 0 Å². The third kappa shape index (κ3) is 3.82. The molecule has 1 saturated carbocycles. The molecular formula is C27H38N2O2. The summed E-state index contributed by atoms with van der Waals surface area (Å²) in [5.41, 5.74) is 5.88. The predicted molar refractivity (Wildman–Crippen MR) is 125 cm³/mol. The van der Waals surface area contributed by atoms with Crippen LogP contribution in [-0.2, 0) is 9.53 Å². The maximum Gasteiger partial charge on any atom is 0.311 e. The summed E-state index contributed by atoms with van der Waals surface area (Å²) in [6.07, 6.45) is 7.44. The second-order valence-corrected chi connectivity index (χ2v) is 10.9. The van der Waals surface area contributed by atoms with E-state index in [2.05, 4.69) is 61.8 Å². The summed E-state index contributed by atoms with van der Waals surface area (Å²) in [7, 11) is 0. The molecule has 31 heavy (non-hydrogen) atoms. The number of nitrogens with zero attached hydrogens (tertiary/aromatic N) is 2. The Morgan fingerprint density at radius 3 is 2.68 bits per heavy atom. The van der Waals surface area contributed by atoms with Crippen LogP contribution in [0.1, 0.15) is 50.7 Å². The largest absolute Gasteiger partial charge is 0.461 e. The Morgan fingerprint density at radius 1 is 1.16 bits per heavy atom. The Bertz CT molecular complexity index is 885. The van der Waals surface area contributed by atoms with Gasteiger partial charge in [0, 0.05) is 44.3 Å². The highest BCUT2D eigenvalue weighted by molar-refractivity contribution is 5.76. The van der Waals surface area contributed by atoms with E-state index in [1.807, 2.05) is 0 Å². The molecule has 1 aromatic rings. The number of ether oxygens (including phenoxy) is 1. The summed E-state index contributed by atoms with van der Waals surface area (Å²) in [6.45, 7) is 14.1. The Labute approximate surface area is 187 Å². The molecule has 0 aromatic heterocycles. The second kappa shape index (κ2) is 7.95. The molecule has 3 fully saturated rings. The van der Waals surface area contributed by atoms with Crippen molar-refractivity contribution in [1.29, 1.82) is 0 Å². The number of allylic oxidation sites excluding steroid dienone is 1. The molecule has 4 heteroatoms. The summed E-state index contributed by atoms with van der Waals surface area (Å²) >= 11 is 0. The number of hydrogen-bond acceptors (Lipinski definition) is 4. The number of fused-ring (bicyclic) bond motifs is 2. The van der Waals surface area contributed by atoms with Crippen molar-refractivity contribution in [2.75, 3.05) is 37.6 Å². The first-order chi connectivity index (χ1) is 14.8. The molecule has 4 aliphatic rings. The normalized spacial score (nSPS) is 35.9. The van der Waals surface area contributed by atoms with E-state index in [1.165, 1.54) is 36.1 Å². The minimum absolute atomic E-state index is 0.00355. The van der Waals surface area contributed by atoms with Gasteiger partial charge in [-0.3, -0.25) is 9.69 Å². The van der Waals surface area contributed by atoms with Gasteiger partial charge in [-0.05, 0) is 56.1 Å². The average molecular weight is 423 g/mol. The molecule has 5 atom stereocenters. The van der Waals surface area contributed by atoms with Crippen molar-refractivity contribution < 1.29 is 9.53 Å². The minimum atomic E-state index is 0.00355. The number of anilines is 1. The van der Waals surface area contributed by atoms with Crippen LogP contribution in [0.3, 0.4) is 0 Å². The Morgan fingerprint density at radius 2 is 1.94 bits per heavy atom. The molecule has 2 aliphatic carbocycles. The van der Waals surface area contributed by atoms with Crippen LogP contribution in [0.25, 0.3) is 0 Å². The molecule has 0 unspecified atom stereocenters. The van der Waals surface area contributed by atoms with E-state index >= 15 is 0 Å². The van der Waals surface area contributed by atoms with Crippen LogP contribution in [0.4, 0.5) is 5.69 Å². The van der Waals surface area contributed by atoms with Crippen LogP contribution in [0.2, 0.25) is 0 Å². The fourth-order valence-electron chi connectivity index (χ4n) is 6.87. The van der Waals surface area contributed by atoms with Gasteiger partial charge in [0.1, 0.15) is 6.10 Å². The Kier molecular flexibility index (Phi) is 5.40. The quantitative estimate of drug-likeness (QED) is 0.520. The third-order valence-corrected chi connectivity index (χ3v) is 8.60. The van der Waals surface area contributed by atoms with E-state index in [9.17, 15) is 4.79 Å². The van der Waals surface area contributed by atoms with Crippen molar-refractivity contribution in [1.82, 2.24) is 4.90 Å². The standard InChI is InChI=1S/C27H38N2O2/c1-18-7-8-24(20(3)14-18)29-12-10-28(11-13-29)17-22-21-15-23-19(2)6-5-9-27(23,4)16-25(21)31-26(22)30/h7-8,14-15,19,21-22,25H,5-6,9-13,16-17H2,1-4H3/t19-,21-,22+,25+,27+/m0/s1. The van der Waals surface area contributed by atoms with E-state index in [1.54, 1.807) is 5.57 Å². The van der Waals surface area contributed by atoms with Crippen molar-refractivity contribution in [2.24, 2.45) is 23.2 Å². The molecule has 0 bridgehead atoms. The number of carbonyl (C=O) groups excluding carboxylic acids is 1. The molecular weight excluding hydrogens is 384 g/mol. The van der Waals surface area contributed by atoms with Crippen molar-refractivity contribution >= 4 is 11.7 Å². The lowest BCUT2D eigenvalue weighted by atomic mass is 9.59. The molecule has 2 aliphatic heterocycles. The molecule has 0 N–H and O–H groups in total. The number of carbonyl (C=O) groups is 1. The van der Waals surface area contributed by atoms with Gasteiger partial charge in [0.2, 0.25) is 0 Å². The molecule has 168 valence electrons. The first kappa shape index (κ1) is 21.1. The summed E-state index contributed by atoms with van der Waals surface area (Å²) in [5.74, 6) is 0.966. The van der Waals surface area contributed by atoms with Crippen molar-refractivity contribution in [2.45, 2.75) is 59.5 Å². The maximum absolute atomic E-state index is 12.9. The number of piperazine rings is 1. The number of aryl methyl sites for hydroxylation is 2. The van der Waals surface area contributed by atoms with Gasteiger partial charge in [-0.15, -0.1) is 0 Å². The van der Waals surface area contributed by atoms with Crippen molar-refractivity contribution in [3.8, 4) is 0 Å². The topological polar surface area (TPSA) is 32.8 Å². The van der Waals surface area contributed by atoms with Gasteiger partial charge >= 0.3 is 5.97 Å². The van der Waals surface area contributed by atoms with Crippen LogP contribution in [0, 0.1) is 37.0 Å². The zero-order valence-corrected chi connectivity index (χ0v) is 19.7. The number of hydrogen-bond donors (Lipinski definition) is 0. The van der Waals surface area contributed by atoms with Gasteiger partial charge in [-0.1, -0.05) is 49.6 Å². The smallest absolute Gasteiger partial charge is 0.311 e. The third-order valence-electron chi connectivity index (χ3n) is 8.60. The first-order valence-corrected chi connectivity index (χ1v) is 12.3. The Hall–Kier alpha value is -1.81. The first-order valence-electron chi connectivity index (χ1n) is 12.3. The van der Waals surface area contributed by atoms with Crippen molar-refractivity contribution in [3.63, 3.8) is 0 Å². The minimum Gasteiger partial charge on any atom is -0.461 e. The second-order valence-electron chi connectivity index (χ2n) is 10.9. The summed E-state index contributed by atoms with van der Waals surface area (Å²) in [6, 6.07) is 6.74. The highest BCUT2D eigenvalue weighted by Crippen LogP contribution is 2.54. The number of benzene rings is 1. The van der Waals surface area contributed by atoms with Crippen molar-refractivity contribution in [3.05, 3.63) is 41.0 Å². The lowest BCUT2D eigenvalue weighted by Gasteiger charge is -2.46. The fourth-order valence-corrected chi connectivity index (χ4v) is 6.87. The molecule has 0 spiro atoms. The molecule has 1 aromatic carbocycles. The number of esters is 1. The summed E-state index contributed by atoms with van der Waals surface area (Å²) < 4.78 is 5.97. The van der Waals surface area contributed by atoms with E-state index < -0.39 is 0 Å². The Balaban J connectivity index is 1.26. The molecule has 0 amide bonds. The zero-order chi connectivity index (χ0) is 21.8. The van der Waals surface area contributed by atoms with E-state index in [4.69, 9.17) is 4.74 Å². The predicted octanol–water partition coefficient (Wildman–Crippen LogP) is 4.74. The molecule has 5 rings (SSSR count). The van der Waals surface area contributed by atoms with Gasteiger partial charge in [0.05, 0.1) is 5.92 Å². The number of rotatable bonds is 3. The highest BCUT2D eigenvalue weighted by Gasteiger charge is 2.52. The summed E-state index contributed by atoms with van der Waals surface area (Å²) in [4.78, 5) is 17.9. The maximum atomic E-state index is 12.9. The van der Waals surface area contributed by atoms with E-state index in [0.717, 1.165) is 39.1 Å². The molecule has 4 nitrogen and oxygen atoms in total. The SMILES string of the molecule is Cc1ccc(N2CCN(C[C@H]3C(=O)O[C@@H]4C[C@@]5(C)CCC[C@H](C)C5=C[C@H]43)CC2)c(C)c1. The average Bonchev–Trinajstić information content (AvgIpc) is 3.01. The molecule has 2 saturated heterocycles. The lowest BCUT2D eigenvalue weighted by molar-refractivity contribution is -0.145. The highest BCUT2D eigenvalue weighted by atomic mass is 16.6. The van der Waals surface area contributed by atoms with Gasteiger partial charge < -0.3 is 9.64 Å². The van der Waals surface area contributed by atoms with Crippen LogP contribution in [0.5, 0.6) is 0 Å². The van der Waals surface area contributed by atoms with E-state index in [-0.39, 0.29) is 29.3 Å². The monoisotopic (exact) mass is 422 g/mol. The van der Waals surface area contributed by atoms with Gasteiger partial charge in [0.15, 0.2) is 0 Å². The van der Waals surface area contributed by atoms with Crippen LogP contribution < -0.4 is 4.90 Å². The lowest BCUT2D eigenvalue weighted by Crippen LogP contribution is -2.49. The van der Waals surface area contributed by atoms with Crippen LogP contribution >= 0.6 is 0 Å². The van der Waals surface area contributed by atoms with Crippen LogP contribution in [-0.4, -0.2) is 49.7 Å². The zero-order valence-electron chi connectivity index (χ0n) is 19.7. The van der Waals surface area contributed by atoms with Crippen LogP contribution in [0.15, 0.2) is 29.8 Å². The summed E-state index contributed by atoms with van der Waals surface area (Å²) in [5, 5.41) is 0. The van der Waals surface area contributed by atoms with Gasteiger partial charge in [-0.25, -0.2) is 0 Å². The fraction of sp³-hybridized carbons (Fsp3) is 0.667. The molecule has 2 heterocycles.